The number of nitrogens with zero attached hydrogens (tertiary/aromatic N) is 1. The van der Waals surface area contributed by atoms with Gasteiger partial charge in [-0.3, -0.25) is 9.69 Å². The van der Waals surface area contributed by atoms with Crippen molar-refractivity contribution >= 4 is 11.6 Å². The average Bonchev–Trinajstić information content (AvgIpc) is 2.48. The molecule has 0 aromatic heterocycles. The molecule has 0 saturated carbocycles. The average molecular weight is 319 g/mol. The van der Waals surface area contributed by atoms with Crippen molar-refractivity contribution in [2.24, 2.45) is 0 Å². The van der Waals surface area contributed by atoms with Crippen LogP contribution in [0.15, 0.2) is 60.7 Å². The zero-order valence-corrected chi connectivity index (χ0v) is 14.0. The molecule has 0 radical (unpaired) electrons. The molecule has 1 N–H and O–H groups in total. The number of hydrogen-bond donors (Lipinski definition) is 1. The van der Waals surface area contributed by atoms with Gasteiger partial charge in [0.05, 0.1) is 26.7 Å². The second-order valence-electron chi connectivity index (χ2n) is 5.64. The second kappa shape index (κ2) is 8.57. The van der Waals surface area contributed by atoms with E-state index in [0.717, 1.165) is 17.8 Å². The van der Waals surface area contributed by atoms with Gasteiger partial charge in [0.1, 0.15) is 0 Å². The lowest BCUT2D eigenvalue weighted by Crippen LogP contribution is -3.07. The largest absolute Gasteiger partial charge is 1.00 e. The van der Waals surface area contributed by atoms with E-state index in [4.69, 9.17) is 0 Å². The zero-order chi connectivity index (χ0) is 15.2. The fourth-order valence-electron chi connectivity index (χ4n) is 2.56. The maximum atomic E-state index is 12.9. The van der Waals surface area contributed by atoms with Crippen LogP contribution in [0.1, 0.15) is 17.3 Å². The minimum Gasteiger partial charge on any atom is -1.00 e. The van der Waals surface area contributed by atoms with E-state index < -0.39 is 0 Å². The summed E-state index contributed by atoms with van der Waals surface area (Å²) in [4.78, 5) is 16.1. The molecule has 22 heavy (non-hydrogen) atoms. The van der Waals surface area contributed by atoms with Gasteiger partial charge in [-0.15, -0.1) is 0 Å². The van der Waals surface area contributed by atoms with E-state index >= 15 is 0 Å². The minimum atomic E-state index is 0. The first-order valence-corrected chi connectivity index (χ1v) is 7.32. The normalized spacial score (nSPS) is 11.6. The third-order valence-corrected chi connectivity index (χ3v) is 3.42. The molecule has 0 spiro atoms. The molecule has 2 aromatic carbocycles. The van der Waals surface area contributed by atoms with Crippen molar-refractivity contribution in [2.45, 2.75) is 13.0 Å². The Hall–Kier alpha value is -1.84. The van der Waals surface area contributed by atoms with E-state index in [-0.39, 0.29) is 24.4 Å². The molecule has 2 rings (SSSR count). The van der Waals surface area contributed by atoms with Crippen molar-refractivity contribution in [2.75, 3.05) is 25.5 Å². The second-order valence-corrected chi connectivity index (χ2v) is 5.64. The monoisotopic (exact) mass is 318 g/mol. The number of carbonyl (C=O) groups excluding carboxylic acids is 1. The molecular weight excluding hydrogens is 296 g/mol. The van der Waals surface area contributed by atoms with Crippen LogP contribution < -0.4 is 22.2 Å². The first-order valence-electron chi connectivity index (χ1n) is 7.32. The summed E-state index contributed by atoms with van der Waals surface area (Å²) in [5.74, 6) is 0.0514. The van der Waals surface area contributed by atoms with Crippen LogP contribution >= 0.6 is 0 Å². The molecule has 0 aliphatic rings. The van der Waals surface area contributed by atoms with Crippen LogP contribution in [0.25, 0.3) is 0 Å². The maximum Gasteiger partial charge on any atom is 0.258 e. The van der Waals surface area contributed by atoms with Crippen molar-refractivity contribution in [1.29, 1.82) is 0 Å². The molecule has 4 heteroatoms. The third kappa shape index (κ3) is 4.58. The fraction of sp³-hybridized carbons (Fsp3) is 0.278. The Morgan fingerprint density at radius 2 is 1.50 bits per heavy atom. The number of carbonyl (C=O) groups is 1. The van der Waals surface area contributed by atoms with Crippen molar-refractivity contribution in [3.63, 3.8) is 0 Å². The van der Waals surface area contributed by atoms with Crippen molar-refractivity contribution in [3.05, 3.63) is 66.2 Å². The van der Waals surface area contributed by atoms with Crippen LogP contribution in [-0.2, 0) is 0 Å². The van der Waals surface area contributed by atoms with Crippen molar-refractivity contribution in [3.8, 4) is 0 Å². The number of amides is 1. The molecule has 118 valence electrons. The first kappa shape index (κ1) is 18.2. The smallest absolute Gasteiger partial charge is 0.258 e. The van der Waals surface area contributed by atoms with E-state index in [2.05, 4.69) is 21.0 Å². The lowest BCUT2D eigenvalue weighted by atomic mass is 10.1. The van der Waals surface area contributed by atoms with Crippen LogP contribution in [0.3, 0.4) is 0 Å². The summed E-state index contributed by atoms with van der Waals surface area (Å²) in [6.07, 6.45) is 0. The van der Waals surface area contributed by atoms with Crippen LogP contribution in [-0.4, -0.2) is 32.6 Å². The Morgan fingerprint density at radius 1 is 1.00 bits per heavy atom. The highest BCUT2D eigenvalue weighted by Gasteiger charge is 2.24. The third-order valence-electron chi connectivity index (χ3n) is 3.42. The maximum absolute atomic E-state index is 12.9. The Kier molecular flexibility index (Phi) is 7.09. The lowest BCUT2D eigenvalue weighted by molar-refractivity contribution is -0.858. The molecule has 0 aliphatic carbocycles. The highest BCUT2D eigenvalue weighted by Crippen LogP contribution is 2.19. The van der Waals surface area contributed by atoms with Gasteiger partial charge in [-0.25, -0.2) is 0 Å². The van der Waals surface area contributed by atoms with E-state index in [9.17, 15) is 4.79 Å². The Labute approximate surface area is 139 Å². The van der Waals surface area contributed by atoms with Crippen LogP contribution in [0.5, 0.6) is 0 Å². The van der Waals surface area contributed by atoms with Gasteiger partial charge < -0.3 is 17.3 Å². The molecule has 0 heterocycles. The van der Waals surface area contributed by atoms with Gasteiger partial charge in [0.15, 0.2) is 0 Å². The van der Waals surface area contributed by atoms with Gasteiger partial charge in [0.25, 0.3) is 5.91 Å². The Bertz CT molecular complexity index is 572. The van der Waals surface area contributed by atoms with Crippen LogP contribution in [0.2, 0.25) is 0 Å². The predicted octanol–water partition coefficient (Wildman–Crippen LogP) is -1.13. The summed E-state index contributed by atoms with van der Waals surface area (Å²) in [7, 11) is 4.21. The number of anilines is 1. The molecule has 1 atom stereocenters. The molecule has 0 fully saturated rings. The molecule has 1 unspecified atom stereocenters. The molecule has 3 nitrogen and oxygen atoms in total. The molecule has 0 bridgehead atoms. The van der Waals surface area contributed by atoms with E-state index in [1.54, 1.807) is 0 Å². The number of rotatable bonds is 5. The molecule has 2 aromatic rings. The minimum absolute atomic E-state index is 0. The molecule has 0 saturated heterocycles. The predicted molar refractivity (Wildman–Crippen MR) is 86.8 cm³/mol. The summed E-state index contributed by atoms with van der Waals surface area (Å²) in [5, 5.41) is 0. The van der Waals surface area contributed by atoms with Gasteiger partial charge in [0.2, 0.25) is 0 Å². The summed E-state index contributed by atoms with van der Waals surface area (Å²) in [6, 6.07) is 19.5. The number of quaternary nitrogens is 1. The number of likely N-dealkylation sites (N-methyl/N-ethyl adjacent to an activating group) is 1. The number of para-hydroxylation sites is 1. The van der Waals surface area contributed by atoms with Crippen molar-refractivity contribution < 1.29 is 22.1 Å². The van der Waals surface area contributed by atoms with Gasteiger partial charge in [-0.2, -0.15) is 0 Å². The topological polar surface area (TPSA) is 24.8 Å². The number of halogens is 1. The van der Waals surface area contributed by atoms with Crippen LogP contribution in [0, 0.1) is 0 Å². The quantitative estimate of drug-likeness (QED) is 0.741. The lowest BCUT2D eigenvalue weighted by Gasteiger charge is -2.30. The van der Waals surface area contributed by atoms with Crippen molar-refractivity contribution in [1.82, 2.24) is 0 Å². The Balaban J connectivity index is 0.00000242. The summed E-state index contributed by atoms with van der Waals surface area (Å²) < 4.78 is 0. The number of hydrogen-bond acceptors (Lipinski definition) is 1. The first-order chi connectivity index (χ1) is 10.1. The molecule has 0 aliphatic heterocycles. The van der Waals surface area contributed by atoms with Gasteiger partial charge >= 0.3 is 0 Å². The number of benzene rings is 2. The van der Waals surface area contributed by atoms with Gasteiger partial charge in [-0.1, -0.05) is 36.4 Å². The molecular formula is C18H23ClN2O. The summed E-state index contributed by atoms with van der Waals surface area (Å²) in [5.41, 5.74) is 1.67. The van der Waals surface area contributed by atoms with Gasteiger partial charge in [-0.05, 0) is 31.2 Å². The summed E-state index contributed by atoms with van der Waals surface area (Å²) >= 11 is 0. The standard InChI is InChI=1S/C18H22N2O.ClH/c1-15(14-19(2)3)20(17-12-8-5-9-13-17)18(21)16-10-6-4-7-11-16;/h4-13,15H,14H2,1-3H3;1H. The highest BCUT2D eigenvalue weighted by atomic mass is 35.5. The van der Waals surface area contributed by atoms with Gasteiger partial charge in [0, 0.05) is 11.3 Å². The molecule has 1 amide bonds. The highest BCUT2D eigenvalue weighted by molar-refractivity contribution is 6.06. The van der Waals surface area contributed by atoms with E-state index in [1.165, 1.54) is 4.90 Å². The van der Waals surface area contributed by atoms with E-state index in [0.29, 0.717) is 0 Å². The SMILES string of the molecule is CC(C[NH+](C)C)N(C(=O)c1ccccc1)c1ccccc1.[Cl-]. The Morgan fingerprint density at radius 3 is 2.00 bits per heavy atom. The fourth-order valence-corrected chi connectivity index (χ4v) is 2.56. The number of nitrogens with one attached hydrogen (secondary N) is 1. The van der Waals surface area contributed by atoms with E-state index in [1.807, 2.05) is 65.6 Å². The summed E-state index contributed by atoms with van der Waals surface area (Å²) in [6.45, 7) is 2.99. The zero-order valence-electron chi connectivity index (χ0n) is 13.3. The van der Waals surface area contributed by atoms with Crippen LogP contribution in [0.4, 0.5) is 5.69 Å².